The van der Waals surface area contributed by atoms with Gasteiger partial charge in [-0.3, -0.25) is 4.79 Å². The Labute approximate surface area is 79.3 Å². The minimum atomic E-state index is 0.240. The predicted octanol–water partition coefficient (Wildman–Crippen LogP) is 0.736. The summed E-state index contributed by atoms with van der Waals surface area (Å²) in [7, 11) is 0. The van der Waals surface area contributed by atoms with Gasteiger partial charge in [0.1, 0.15) is 0 Å². The molecule has 3 nitrogen and oxygen atoms in total. The minimum Gasteiger partial charge on any atom is -0.342 e. The molecule has 0 aromatic rings. The van der Waals surface area contributed by atoms with Crippen LogP contribution >= 0.6 is 0 Å². The lowest BCUT2D eigenvalue weighted by Gasteiger charge is -2.36. The Balaban J connectivity index is 1.87. The summed E-state index contributed by atoms with van der Waals surface area (Å²) in [6.07, 6.45) is 5.39. The van der Waals surface area contributed by atoms with E-state index < -0.39 is 0 Å². The molecular formula is C10H18N2O. The second-order valence-electron chi connectivity index (χ2n) is 4.30. The zero-order valence-corrected chi connectivity index (χ0v) is 8.04. The van der Waals surface area contributed by atoms with Gasteiger partial charge in [0, 0.05) is 25.0 Å². The number of carbonyl (C=O) groups is 1. The molecule has 2 atom stereocenters. The highest BCUT2D eigenvalue weighted by Gasteiger charge is 2.30. The van der Waals surface area contributed by atoms with Gasteiger partial charge >= 0.3 is 0 Å². The molecule has 74 valence electrons. The SMILES string of the molecule is NC1CCCC(C(=O)N2CCC2)C1. The Morgan fingerprint density at radius 3 is 2.54 bits per heavy atom. The monoisotopic (exact) mass is 182 g/mol. The largest absolute Gasteiger partial charge is 0.342 e. The maximum absolute atomic E-state index is 11.8. The second kappa shape index (κ2) is 3.66. The third kappa shape index (κ3) is 1.85. The van der Waals surface area contributed by atoms with E-state index in [4.69, 9.17) is 5.73 Å². The highest BCUT2D eigenvalue weighted by molar-refractivity contribution is 5.79. The van der Waals surface area contributed by atoms with Crippen LogP contribution in [0.4, 0.5) is 0 Å². The molecular weight excluding hydrogens is 164 g/mol. The molecule has 2 rings (SSSR count). The zero-order valence-electron chi connectivity index (χ0n) is 8.04. The fraction of sp³-hybridized carbons (Fsp3) is 0.900. The van der Waals surface area contributed by atoms with Crippen molar-refractivity contribution in [1.82, 2.24) is 4.90 Å². The van der Waals surface area contributed by atoms with Crippen molar-refractivity contribution in [3.63, 3.8) is 0 Å². The molecule has 1 heterocycles. The zero-order chi connectivity index (χ0) is 9.26. The van der Waals surface area contributed by atoms with Gasteiger partial charge in [-0.05, 0) is 25.7 Å². The van der Waals surface area contributed by atoms with Gasteiger partial charge in [0.25, 0.3) is 0 Å². The maximum atomic E-state index is 11.8. The lowest BCUT2D eigenvalue weighted by molar-refractivity contribution is -0.140. The Kier molecular flexibility index (Phi) is 2.54. The number of nitrogens with two attached hydrogens (primary N) is 1. The van der Waals surface area contributed by atoms with Crippen molar-refractivity contribution in [2.75, 3.05) is 13.1 Å². The first-order valence-corrected chi connectivity index (χ1v) is 5.32. The number of rotatable bonds is 1. The van der Waals surface area contributed by atoms with Gasteiger partial charge in [-0.15, -0.1) is 0 Å². The fourth-order valence-corrected chi connectivity index (χ4v) is 2.25. The van der Waals surface area contributed by atoms with Crippen LogP contribution in [0.15, 0.2) is 0 Å². The molecule has 2 N–H and O–H groups in total. The van der Waals surface area contributed by atoms with E-state index in [1.165, 1.54) is 6.42 Å². The molecule has 1 saturated carbocycles. The number of carbonyl (C=O) groups excluding carboxylic acids is 1. The topological polar surface area (TPSA) is 46.3 Å². The lowest BCUT2D eigenvalue weighted by Crippen LogP contribution is -2.47. The van der Waals surface area contributed by atoms with Crippen LogP contribution < -0.4 is 5.73 Å². The Morgan fingerprint density at radius 2 is 2.00 bits per heavy atom. The molecule has 0 aromatic heterocycles. The number of hydrogen-bond donors (Lipinski definition) is 1. The van der Waals surface area contributed by atoms with Gasteiger partial charge in [-0.2, -0.15) is 0 Å². The van der Waals surface area contributed by atoms with Crippen molar-refractivity contribution < 1.29 is 4.79 Å². The van der Waals surface area contributed by atoms with E-state index in [-0.39, 0.29) is 12.0 Å². The van der Waals surface area contributed by atoms with Crippen LogP contribution in [-0.4, -0.2) is 29.9 Å². The quantitative estimate of drug-likeness (QED) is 0.650. The first kappa shape index (κ1) is 9.00. The second-order valence-corrected chi connectivity index (χ2v) is 4.30. The van der Waals surface area contributed by atoms with Crippen molar-refractivity contribution in [2.24, 2.45) is 11.7 Å². The smallest absolute Gasteiger partial charge is 0.225 e. The van der Waals surface area contributed by atoms with Crippen LogP contribution in [0.5, 0.6) is 0 Å². The first-order valence-electron chi connectivity index (χ1n) is 5.32. The molecule has 0 bridgehead atoms. The van der Waals surface area contributed by atoms with Gasteiger partial charge in [-0.1, -0.05) is 6.42 Å². The van der Waals surface area contributed by atoms with Gasteiger partial charge in [0.05, 0.1) is 0 Å². The Bertz CT molecular complexity index is 201. The molecule has 2 fully saturated rings. The molecule has 2 aliphatic rings. The van der Waals surface area contributed by atoms with E-state index in [0.717, 1.165) is 38.8 Å². The van der Waals surface area contributed by atoms with E-state index in [0.29, 0.717) is 5.91 Å². The predicted molar refractivity (Wildman–Crippen MR) is 51.1 cm³/mol. The van der Waals surface area contributed by atoms with E-state index in [1.54, 1.807) is 0 Å². The van der Waals surface area contributed by atoms with E-state index in [9.17, 15) is 4.79 Å². The Morgan fingerprint density at radius 1 is 1.23 bits per heavy atom. The van der Waals surface area contributed by atoms with Gasteiger partial charge in [0.15, 0.2) is 0 Å². The van der Waals surface area contributed by atoms with Crippen LogP contribution in [0.1, 0.15) is 32.1 Å². The van der Waals surface area contributed by atoms with Crippen molar-refractivity contribution in [3.05, 3.63) is 0 Å². The minimum absolute atomic E-state index is 0.240. The summed E-state index contributed by atoms with van der Waals surface area (Å²) >= 11 is 0. The highest BCUT2D eigenvalue weighted by Crippen LogP contribution is 2.26. The van der Waals surface area contributed by atoms with E-state index in [2.05, 4.69) is 0 Å². The standard InChI is InChI=1S/C10H18N2O/c11-9-4-1-3-8(7-9)10(13)12-5-2-6-12/h8-9H,1-7,11H2. The van der Waals surface area contributed by atoms with E-state index in [1.807, 2.05) is 4.90 Å². The van der Waals surface area contributed by atoms with Gasteiger partial charge in [-0.25, -0.2) is 0 Å². The molecule has 1 aliphatic heterocycles. The average molecular weight is 182 g/mol. The molecule has 1 amide bonds. The third-order valence-electron chi connectivity index (χ3n) is 3.23. The molecule has 0 aromatic carbocycles. The summed E-state index contributed by atoms with van der Waals surface area (Å²) in [5.41, 5.74) is 5.85. The van der Waals surface area contributed by atoms with Crippen LogP contribution in [0.3, 0.4) is 0 Å². The molecule has 1 saturated heterocycles. The summed E-state index contributed by atoms with van der Waals surface area (Å²) in [6, 6.07) is 0.268. The summed E-state index contributed by atoms with van der Waals surface area (Å²) in [4.78, 5) is 13.8. The molecule has 1 aliphatic carbocycles. The Hall–Kier alpha value is -0.570. The first-order chi connectivity index (χ1) is 6.27. The molecule has 13 heavy (non-hydrogen) atoms. The normalized spacial score (nSPS) is 34.1. The number of nitrogens with zero attached hydrogens (tertiary/aromatic N) is 1. The van der Waals surface area contributed by atoms with Gasteiger partial charge < -0.3 is 10.6 Å². The molecule has 3 heteroatoms. The summed E-state index contributed by atoms with van der Waals surface area (Å²) in [6.45, 7) is 1.95. The number of hydrogen-bond acceptors (Lipinski definition) is 2. The summed E-state index contributed by atoms with van der Waals surface area (Å²) < 4.78 is 0. The summed E-state index contributed by atoms with van der Waals surface area (Å²) in [5, 5.41) is 0. The van der Waals surface area contributed by atoms with E-state index >= 15 is 0 Å². The van der Waals surface area contributed by atoms with Crippen LogP contribution in [0, 0.1) is 5.92 Å². The van der Waals surface area contributed by atoms with Crippen LogP contribution in [0.25, 0.3) is 0 Å². The van der Waals surface area contributed by atoms with Crippen LogP contribution in [-0.2, 0) is 4.79 Å². The summed E-state index contributed by atoms with van der Waals surface area (Å²) in [5.74, 6) is 0.602. The molecule has 0 radical (unpaired) electrons. The average Bonchev–Trinajstić information content (AvgIpc) is 2.01. The van der Waals surface area contributed by atoms with Crippen molar-refractivity contribution in [1.29, 1.82) is 0 Å². The molecule has 2 unspecified atom stereocenters. The van der Waals surface area contributed by atoms with Crippen LogP contribution in [0.2, 0.25) is 0 Å². The maximum Gasteiger partial charge on any atom is 0.225 e. The number of likely N-dealkylation sites (tertiary alicyclic amines) is 1. The van der Waals surface area contributed by atoms with Gasteiger partial charge in [0.2, 0.25) is 5.91 Å². The third-order valence-corrected chi connectivity index (χ3v) is 3.23. The van der Waals surface area contributed by atoms with Crippen molar-refractivity contribution in [3.8, 4) is 0 Å². The fourth-order valence-electron chi connectivity index (χ4n) is 2.25. The van der Waals surface area contributed by atoms with Crippen molar-refractivity contribution in [2.45, 2.75) is 38.1 Å². The highest BCUT2D eigenvalue weighted by atomic mass is 16.2. The molecule has 0 spiro atoms. The lowest BCUT2D eigenvalue weighted by atomic mass is 9.85. The number of amides is 1. The van der Waals surface area contributed by atoms with Crippen molar-refractivity contribution >= 4 is 5.91 Å².